The van der Waals surface area contributed by atoms with Crippen LogP contribution in [0.4, 0.5) is 0 Å². The molecule has 0 aliphatic heterocycles. The number of aliphatic hydroxyl groups excluding tert-OH is 1. The molecule has 0 amide bonds. The number of hydrogen-bond acceptors (Lipinski definition) is 6. The van der Waals surface area contributed by atoms with Gasteiger partial charge in [0, 0.05) is 24.2 Å². The molecule has 8 heteroatoms. The topological polar surface area (TPSA) is 99.9 Å². The summed E-state index contributed by atoms with van der Waals surface area (Å²) in [6.45, 7) is 3.39. The van der Waals surface area contributed by atoms with Gasteiger partial charge in [0.05, 0.1) is 19.2 Å². The molecule has 1 aliphatic rings. The third kappa shape index (κ3) is 4.54. The summed E-state index contributed by atoms with van der Waals surface area (Å²) in [4.78, 5) is 17.6. The number of nitrogens with one attached hydrogen (secondary N) is 1. The van der Waals surface area contributed by atoms with Crippen molar-refractivity contribution in [2.24, 2.45) is 0 Å². The van der Waals surface area contributed by atoms with Gasteiger partial charge in [-0.15, -0.1) is 5.10 Å². The van der Waals surface area contributed by atoms with Crippen molar-refractivity contribution in [1.29, 1.82) is 0 Å². The van der Waals surface area contributed by atoms with Crippen molar-refractivity contribution in [2.75, 3.05) is 13.2 Å². The second-order valence-electron chi connectivity index (χ2n) is 7.98. The van der Waals surface area contributed by atoms with Crippen molar-refractivity contribution >= 4 is 10.9 Å². The van der Waals surface area contributed by atoms with Crippen molar-refractivity contribution in [1.82, 2.24) is 30.1 Å². The summed E-state index contributed by atoms with van der Waals surface area (Å²) >= 11 is 0. The van der Waals surface area contributed by atoms with E-state index >= 15 is 0 Å². The smallest absolute Gasteiger partial charge is 0.252 e. The zero-order chi connectivity index (χ0) is 20.2. The van der Waals surface area contributed by atoms with Crippen LogP contribution in [0.15, 0.2) is 29.1 Å². The van der Waals surface area contributed by atoms with Gasteiger partial charge in [-0.2, -0.15) is 0 Å². The van der Waals surface area contributed by atoms with E-state index < -0.39 is 0 Å². The van der Waals surface area contributed by atoms with E-state index in [0.29, 0.717) is 31.2 Å². The molecule has 0 atom stereocenters. The van der Waals surface area contributed by atoms with Crippen LogP contribution in [0.1, 0.15) is 55.1 Å². The summed E-state index contributed by atoms with van der Waals surface area (Å²) in [6.07, 6.45) is 5.88. The summed E-state index contributed by atoms with van der Waals surface area (Å²) in [6, 6.07) is 8.31. The number of tetrazole rings is 1. The van der Waals surface area contributed by atoms with Crippen LogP contribution < -0.4 is 5.56 Å². The molecule has 0 radical (unpaired) electrons. The molecule has 2 aromatic heterocycles. The summed E-state index contributed by atoms with van der Waals surface area (Å²) in [7, 11) is 0. The fourth-order valence-electron chi connectivity index (χ4n) is 4.20. The number of pyridine rings is 1. The maximum Gasteiger partial charge on any atom is 0.252 e. The maximum atomic E-state index is 12.6. The van der Waals surface area contributed by atoms with E-state index in [0.717, 1.165) is 35.1 Å². The molecule has 0 saturated heterocycles. The van der Waals surface area contributed by atoms with E-state index in [9.17, 15) is 9.90 Å². The van der Waals surface area contributed by atoms with Gasteiger partial charge in [0.15, 0.2) is 5.82 Å². The van der Waals surface area contributed by atoms with Crippen LogP contribution in [-0.4, -0.2) is 48.3 Å². The molecule has 1 aliphatic carbocycles. The quantitative estimate of drug-likeness (QED) is 0.636. The van der Waals surface area contributed by atoms with Crippen molar-refractivity contribution in [3.05, 3.63) is 51.6 Å². The predicted octanol–water partition coefficient (Wildman–Crippen LogP) is 2.32. The number of H-pyrrole nitrogens is 1. The molecule has 1 saturated carbocycles. The highest BCUT2D eigenvalue weighted by Crippen LogP contribution is 2.28. The second-order valence-corrected chi connectivity index (χ2v) is 7.98. The summed E-state index contributed by atoms with van der Waals surface area (Å²) in [5.74, 6) is 0.790. The normalized spacial score (nSPS) is 15.4. The molecular formula is C21H28N6O2. The zero-order valence-corrected chi connectivity index (χ0v) is 16.8. The molecule has 2 N–H and O–H groups in total. The molecule has 4 rings (SSSR count). The van der Waals surface area contributed by atoms with Crippen molar-refractivity contribution in [3.63, 3.8) is 0 Å². The molecule has 0 unspecified atom stereocenters. The number of aromatic nitrogens is 5. The highest BCUT2D eigenvalue weighted by Gasteiger charge is 2.21. The standard InChI is InChI=1S/C21H28N6O2/c1-15-7-8-16-12-17(21(29)22-19(16)11-15)13-26(9-10-28)14-20-23-24-25-27(20)18-5-3-2-4-6-18/h7-8,11-12,18,28H,2-6,9-10,13-14H2,1H3,(H,22,29). The molecule has 0 spiro atoms. The number of hydrogen-bond donors (Lipinski definition) is 2. The largest absolute Gasteiger partial charge is 0.395 e. The Balaban J connectivity index is 1.55. The van der Waals surface area contributed by atoms with Crippen molar-refractivity contribution in [2.45, 2.75) is 58.2 Å². The lowest BCUT2D eigenvalue weighted by Crippen LogP contribution is -2.31. The third-order valence-corrected chi connectivity index (χ3v) is 5.74. The van der Waals surface area contributed by atoms with E-state index in [1.54, 1.807) is 0 Å². The molecule has 1 aromatic carbocycles. The van der Waals surface area contributed by atoms with E-state index in [1.165, 1.54) is 19.3 Å². The Morgan fingerprint density at radius 3 is 2.83 bits per heavy atom. The molecule has 154 valence electrons. The van der Waals surface area contributed by atoms with Gasteiger partial charge in [-0.25, -0.2) is 4.68 Å². The first-order chi connectivity index (χ1) is 14.1. The third-order valence-electron chi connectivity index (χ3n) is 5.74. The van der Waals surface area contributed by atoms with Gasteiger partial charge in [0.2, 0.25) is 0 Å². The number of aryl methyl sites for hydroxylation is 1. The Morgan fingerprint density at radius 2 is 2.03 bits per heavy atom. The minimum Gasteiger partial charge on any atom is -0.395 e. The second kappa shape index (κ2) is 8.84. The summed E-state index contributed by atoms with van der Waals surface area (Å²) < 4.78 is 1.94. The fourth-order valence-corrected chi connectivity index (χ4v) is 4.20. The Morgan fingerprint density at radius 1 is 1.21 bits per heavy atom. The molecule has 3 aromatic rings. The molecule has 1 fully saturated rings. The van der Waals surface area contributed by atoms with Crippen LogP contribution in [0.5, 0.6) is 0 Å². The molecule has 8 nitrogen and oxygen atoms in total. The van der Waals surface area contributed by atoms with Gasteiger partial charge in [-0.3, -0.25) is 9.69 Å². The molecule has 29 heavy (non-hydrogen) atoms. The highest BCUT2D eigenvalue weighted by atomic mass is 16.3. The van der Waals surface area contributed by atoms with Gasteiger partial charge < -0.3 is 10.1 Å². The molecular weight excluding hydrogens is 368 g/mol. The number of nitrogens with zero attached hydrogens (tertiary/aromatic N) is 5. The SMILES string of the molecule is Cc1ccc2cc(CN(CCO)Cc3nnnn3C3CCCCC3)c(=O)[nH]c2c1. The first-order valence-corrected chi connectivity index (χ1v) is 10.4. The van der Waals surface area contributed by atoms with Crippen LogP contribution in [0.2, 0.25) is 0 Å². The highest BCUT2D eigenvalue weighted by molar-refractivity contribution is 5.79. The number of rotatable bonds is 7. The summed E-state index contributed by atoms with van der Waals surface area (Å²) in [5, 5.41) is 22.9. The van der Waals surface area contributed by atoms with Crippen LogP contribution >= 0.6 is 0 Å². The van der Waals surface area contributed by atoms with Crippen molar-refractivity contribution in [3.8, 4) is 0 Å². The van der Waals surface area contributed by atoms with Crippen LogP contribution in [-0.2, 0) is 13.1 Å². The molecule has 0 bridgehead atoms. The maximum absolute atomic E-state index is 12.6. The number of aromatic amines is 1. The lowest BCUT2D eigenvalue weighted by molar-refractivity contribution is 0.175. The zero-order valence-electron chi connectivity index (χ0n) is 16.8. The van der Waals surface area contributed by atoms with E-state index in [1.807, 2.05) is 40.8 Å². The van der Waals surface area contributed by atoms with Gasteiger partial charge in [0.1, 0.15) is 0 Å². The first-order valence-electron chi connectivity index (χ1n) is 10.4. The van der Waals surface area contributed by atoms with Crippen molar-refractivity contribution < 1.29 is 5.11 Å². The van der Waals surface area contributed by atoms with Gasteiger partial charge in [-0.1, -0.05) is 31.4 Å². The number of fused-ring (bicyclic) bond motifs is 1. The predicted molar refractivity (Wildman–Crippen MR) is 110 cm³/mol. The fraction of sp³-hybridized carbons (Fsp3) is 0.524. The Bertz CT molecular complexity index is 1020. The summed E-state index contributed by atoms with van der Waals surface area (Å²) in [5.41, 5.74) is 2.52. The number of benzene rings is 1. The Hall–Kier alpha value is -2.58. The van der Waals surface area contributed by atoms with Gasteiger partial charge in [-0.05, 0) is 53.3 Å². The number of aliphatic hydroxyl groups is 1. The average molecular weight is 396 g/mol. The Kier molecular flexibility index (Phi) is 6.01. The van der Waals surface area contributed by atoms with Gasteiger partial charge >= 0.3 is 0 Å². The Labute approximate surface area is 169 Å². The van der Waals surface area contributed by atoms with E-state index in [2.05, 4.69) is 20.5 Å². The van der Waals surface area contributed by atoms with Crippen LogP contribution in [0.3, 0.4) is 0 Å². The average Bonchev–Trinajstić information content (AvgIpc) is 3.17. The minimum absolute atomic E-state index is 0.00960. The van der Waals surface area contributed by atoms with E-state index in [4.69, 9.17) is 0 Å². The first kappa shape index (κ1) is 19.7. The lowest BCUT2D eigenvalue weighted by Gasteiger charge is -2.25. The molecule has 2 heterocycles. The monoisotopic (exact) mass is 396 g/mol. The van der Waals surface area contributed by atoms with E-state index in [-0.39, 0.29) is 12.2 Å². The van der Waals surface area contributed by atoms with Crippen LogP contribution in [0, 0.1) is 6.92 Å². The van der Waals surface area contributed by atoms with Gasteiger partial charge in [0.25, 0.3) is 5.56 Å². The van der Waals surface area contributed by atoms with Crippen LogP contribution in [0.25, 0.3) is 10.9 Å². The lowest BCUT2D eigenvalue weighted by atomic mass is 9.95. The minimum atomic E-state index is -0.0992.